The zero-order valence-corrected chi connectivity index (χ0v) is 25.4. The van der Waals surface area contributed by atoms with Crippen LogP contribution in [-0.2, 0) is 22.3 Å². The van der Waals surface area contributed by atoms with Gasteiger partial charge in [-0.25, -0.2) is 0 Å². The van der Waals surface area contributed by atoms with Gasteiger partial charge in [-0.05, 0) is 72.8 Å². The number of hydrogen-bond donors (Lipinski definition) is 2. The van der Waals surface area contributed by atoms with Gasteiger partial charge in [0.25, 0.3) is 12.4 Å². The van der Waals surface area contributed by atoms with Crippen LogP contribution < -0.4 is 24.3 Å². The predicted octanol–water partition coefficient (Wildman–Crippen LogP) is 6.18. The number of alkyl halides is 3. The molecule has 2 N–H and O–H groups in total. The molecule has 0 atom stereocenters. The van der Waals surface area contributed by atoms with E-state index in [9.17, 15) is 18.0 Å². The van der Waals surface area contributed by atoms with Gasteiger partial charge in [0.15, 0.2) is 11.5 Å². The van der Waals surface area contributed by atoms with Gasteiger partial charge in [0.1, 0.15) is 24.7 Å². The van der Waals surface area contributed by atoms with Gasteiger partial charge < -0.3 is 34.3 Å². The first-order valence-electron chi connectivity index (χ1n) is 14.6. The van der Waals surface area contributed by atoms with Gasteiger partial charge in [-0.2, -0.15) is 13.2 Å². The first kappa shape index (κ1) is 33.0. The molecule has 13 heteroatoms. The standard InChI is InChI=1S/C32H30ClF3N2O5.CH2O2/c33-30-21(2-1-3-27(30)32(34,35)36)18-38(22-6-7-22)31(39)26-17-37-13-12-25(26)20-4-8-23(9-5-20)40-14-15-41-24-10-11-28-29(16-24)43-19-42-28;2-1-3/h1-5,8-11,16,22,37H,6-7,12-15,17-19H2;1H,(H,2,3). The Balaban J connectivity index is 0.00000134. The number of rotatable bonds is 10. The number of benzene rings is 3. The molecule has 0 saturated heterocycles. The van der Waals surface area contributed by atoms with Crippen LogP contribution in [0.2, 0.25) is 5.02 Å². The topological polar surface area (TPSA) is 107 Å². The molecule has 1 saturated carbocycles. The van der Waals surface area contributed by atoms with Crippen molar-refractivity contribution < 1.29 is 46.8 Å². The minimum absolute atomic E-state index is 0.0180. The Morgan fingerprint density at radius 3 is 2.39 bits per heavy atom. The summed E-state index contributed by atoms with van der Waals surface area (Å²) in [7, 11) is 0. The number of carboxylic acid groups (broad SMARTS) is 1. The van der Waals surface area contributed by atoms with Crippen molar-refractivity contribution >= 4 is 29.6 Å². The number of nitrogens with one attached hydrogen (secondary N) is 1. The lowest BCUT2D eigenvalue weighted by Crippen LogP contribution is -2.39. The van der Waals surface area contributed by atoms with E-state index in [4.69, 9.17) is 40.4 Å². The van der Waals surface area contributed by atoms with E-state index in [1.54, 1.807) is 23.1 Å². The molecule has 1 fully saturated rings. The van der Waals surface area contributed by atoms with E-state index in [2.05, 4.69) is 5.32 Å². The highest BCUT2D eigenvalue weighted by atomic mass is 35.5. The molecule has 3 aromatic rings. The minimum Gasteiger partial charge on any atom is -0.490 e. The Hall–Kier alpha value is -4.42. The molecule has 0 unspecified atom stereocenters. The fourth-order valence-electron chi connectivity index (χ4n) is 5.28. The lowest BCUT2D eigenvalue weighted by atomic mass is 9.93. The SMILES string of the molecule is O=C(C1=C(c2ccc(OCCOc3ccc4c(c3)OCO4)cc2)CCNC1)N(Cc1cccc(C(F)(F)F)c1Cl)C1CC1.O=CO. The number of ether oxygens (including phenoxy) is 4. The van der Waals surface area contributed by atoms with Crippen LogP contribution in [0.5, 0.6) is 23.0 Å². The van der Waals surface area contributed by atoms with Crippen molar-refractivity contribution in [1.82, 2.24) is 10.2 Å². The third-order valence-electron chi connectivity index (χ3n) is 7.62. The summed E-state index contributed by atoms with van der Waals surface area (Å²) < 4.78 is 62.6. The van der Waals surface area contributed by atoms with Crippen LogP contribution in [0, 0.1) is 0 Å². The molecule has 3 aromatic carbocycles. The van der Waals surface area contributed by atoms with E-state index >= 15 is 0 Å². The molecule has 1 aliphatic carbocycles. The summed E-state index contributed by atoms with van der Waals surface area (Å²) in [5, 5.41) is 9.80. The summed E-state index contributed by atoms with van der Waals surface area (Å²) in [6, 6.07) is 16.8. The summed E-state index contributed by atoms with van der Waals surface area (Å²) in [4.78, 5) is 23.9. The molecule has 9 nitrogen and oxygen atoms in total. The lowest BCUT2D eigenvalue weighted by Gasteiger charge is -2.29. The summed E-state index contributed by atoms with van der Waals surface area (Å²) in [6.45, 7) is 1.73. The molecule has 1 amide bonds. The van der Waals surface area contributed by atoms with Crippen molar-refractivity contribution in [2.75, 3.05) is 33.1 Å². The Kier molecular flexibility index (Phi) is 10.6. The molecule has 3 aliphatic rings. The molecule has 2 aliphatic heterocycles. The number of amides is 1. The van der Waals surface area contributed by atoms with E-state index in [0.29, 0.717) is 61.3 Å². The Labute approximate surface area is 268 Å². The molecular weight excluding hydrogens is 629 g/mol. The highest BCUT2D eigenvalue weighted by molar-refractivity contribution is 6.32. The predicted molar refractivity (Wildman–Crippen MR) is 163 cm³/mol. The Bertz CT molecular complexity index is 1580. The van der Waals surface area contributed by atoms with Gasteiger partial charge in [0.2, 0.25) is 6.79 Å². The first-order valence-corrected chi connectivity index (χ1v) is 15.0. The Morgan fingerprint density at radius 1 is 1.02 bits per heavy atom. The third-order valence-corrected chi connectivity index (χ3v) is 8.06. The van der Waals surface area contributed by atoms with Gasteiger partial charge in [-0.3, -0.25) is 9.59 Å². The molecule has 0 radical (unpaired) electrons. The van der Waals surface area contributed by atoms with Crippen molar-refractivity contribution in [1.29, 1.82) is 0 Å². The monoisotopic (exact) mass is 660 g/mol. The van der Waals surface area contributed by atoms with Gasteiger partial charge in [-0.1, -0.05) is 35.9 Å². The van der Waals surface area contributed by atoms with Crippen molar-refractivity contribution in [3.05, 3.63) is 87.9 Å². The van der Waals surface area contributed by atoms with Crippen LogP contribution >= 0.6 is 11.6 Å². The Morgan fingerprint density at radius 2 is 1.70 bits per heavy atom. The summed E-state index contributed by atoms with van der Waals surface area (Å²) in [5.74, 6) is 2.49. The van der Waals surface area contributed by atoms with E-state index in [1.807, 2.05) is 30.3 Å². The second kappa shape index (κ2) is 14.8. The second-order valence-corrected chi connectivity index (χ2v) is 11.0. The van der Waals surface area contributed by atoms with E-state index < -0.39 is 11.7 Å². The molecular formula is C33H32ClF3N2O7. The smallest absolute Gasteiger partial charge is 0.417 e. The van der Waals surface area contributed by atoms with Crippen LogP contribution in [0.4, 0.5) is 13.2 Å². The lowest BCUT2D eigenvalue weighted by molar-refractivity contribution is -0.137. The average molecular weight is 661 g/mol. The average Bonchev–Trinajstić information content (AvgIpc) is 3.78. The molecule has 0 aromatic heterocycles. The zero-order chi connectivity index (χ0) is 32.7. The number of carbonyl (C=O) groups excluding carboxylic acids is 1. The minimum atomic E-state index is -4.57. The van der Waals surface area contributed by atoms with Crippen molar-refractivity contribution in [2.24, 2.45) is 0 Å². The van der Waals surface area contributed by atoms with Crippen LogP contribution in [0.25, 0.3) is 5.57 Å². The van der Waals surface area contributed by atoms with Crippen LogP contribution in [0.1, 0.15) is 36.0 Å². The second-order valence-electron chi connectivity index (χ2n) is 10.7. The van der Waals surface area contributed by atoms with Gasteiger partial charge in [-0.15, -0.1) is 0 Å². The van der Waals surface area contributed by atoms with E-state index in [0.717, 1.165) is 30.0 Å². The third kappa shape index (κ3) is 8.04. The van der Waals surface area contributed by atoms with Crippen molar-refractivity contribution in [2.45, 2.75) is 38.0 Å². The molecule has 2 heterocycles. The number of hydrogen-bond acceptors (Lipinski definition) is 7. The van der Waals surface area contributed by atoms with Crippen LogP contribution in [-0.4, -0.2) is 61.5 Å². The van der Waals surface area contributed by atoms with E-state index in [-0.39, 0.29) is 42.3 Å². The van der Waals surface area contributed by atoms with E-state index in [1.165, 1.54) is 6.07 Å². The van der Waals surface area contributed by atoms with Gasteiger partial charge in [0, 0.05) is 30.8 Å². The maximum Gasteiger partial charge on any atom is 0.417 e. The highest BCUT2D eigenvalue weighted by Crippen LogP contribution is 2.39. The summed E-state index contributed by atoms with van der Waals surface area (Å²) in [5.41, 5.74) is 1.83. The number of nitrogens with zero attached hydrogens (tertiary/aromatic N) is 1. The number of fused-ring (bicyclic) bond motifs is 1. The van der Waals surface area contributed by atoms with Crippen molar-refractivity contribution in [3.63, 3.8) is 0 Å². The summed E-state index contributed by atoms with van der Waals surface area (Å²) in [6.07, 6.45) is -2.31. The quantitative estimate of drug-likeness (QED) is 0.196. The molecule has 0 spiro atoms. The zero-order valence-electron chi connectivity index (χ0n) is 24.6. The van der Waals surface area contributed by atoms with Crippen molar-refractivity contribution in [3.8, 4) is 23.0 Å². The molecule has 6 rings (SSSR count). The first-order chi connectivity index (χ1) is 22.2. The van der Waals surface area contributed by atoms with Gasteiger partial charge in [0.05, 0.1) is 10.6 Å². The summed E-state index contributed by atoms with van der Waals surface area (Å²) >= 11 is 6.18. The molecule has 46 heavy (non-hydrogen) atoms. The van der Waals surface area contributed by atoms with Crippen LogP contribution in [0.3, 0.4) is 0 Å². The number of halogens is 4. The highest BCUT2D eigenvalue weighted by Gasteiger charge is 2.38. The maximum atomic E-state index is 13.9. The normalized spacial score (nSPS) is 15.5. The fraction of sp³-hybridized carbons (Fsp3) is 0.333. The molecule has 244 valence electrons. The fourth-order valence-corrected chi connectivity index (χ4v) is 5.57. The maximum absolute atomic E-state index is 13.9. The number of carbonyl (C=O) groups is 2. The largest absolute Gasteiger partial charge is 0.490 e. The molecule has 0 bridgehead atoms. The van der Waals surface area contributed by atoms with Crippen LogP contribution in [0.15, 0.2) is 66.2 Å². The van der Waals surface area contributed by atoms with Gasteiger partial charge >= 0.3 is 6.18 Å².